The Bertz CT molecular complexity index is 524. The van der Waals surface area contributed by atoms with E-state index in [-0.39, 0.29) is 5.41 Å². The van der Waals surface area contributed by atoms with Crippen LogP contribution in [-0.4, -0.2) is 0 Å². The Morgan fingerprint density at radius 1 is 0.944 bits per heavy atom. The summed E-state index contributed by atoms with van der Waals surface area (Å²) in [6.07, 6.45) is 1.15. The number of thiol groups is 1. The van der Waals surface area contributed by atoms with Crippen molar-refractivity contribution in [2.45, 2.75) is 37.5 Å². The van der Waals surface area contributed by atoms with Crippen LogP contribution in [0.5, 0.6) is 0 Å². The minimum Gasteiger partial charge on any atom is -0.143 e. The molecule has 0 radical (unpaired) electrons. The molecule has 0 amide bonds. The molecule has 0 unspecified atom stereocenters. The van der Waals surface area contributed by atoms with Gasteiger partial charge in [0.2, 0.25) is 0 Å². The fourth-order valence-corrected chi connectivity index (χ4v) is 2.31. The van der Waals surface area contributed by atoms with Crippen LogP contribution in [0.4, 0.5) is 0 Å². The summed E-state index contributed by atoms with van der Waals surface area (Å²) in [6.45, 7) is 6.81. The van der Waals surface area contributed by atoms with E-state index in [1.807, 2.05) is 12.1 Å². The standard InChI is InChI=1S/C17H20S/c1-4-17(2,3)14-11-9-13(10-12-14)15-7-5-6-8-16(15)18/h5-12,18H,4H2,1-3H3. The Balaban J connectivity index is 2.37. The zero-order valence-electron chi connectivity index (χ0n) is 11.3. The first-order chi connectivity index (χ1) is 8.54. The summed E-state index contributed by atoms with van der Waals surface area (Å²) < 4.78 is 0. The predicted molar refractivity (Wildman–Crippen MR) is 82.4 cm³/mol. The molecule has 1 heteroatoms. The van der Waals surface area contributed by atoms with E-state index >= 15 is 0 Å². The molecule has 2 aromatic rings. The van der Waals surface area contributed by atoms with E-state index in [1.165, 1.54) is 16.7 Å². The fourth-order valence-electron chi connectivity index (χ4n) is 2.02. The Morgan fingerprint density at radius 3 is 2.11 bits per heavy atom. The van der Waals surface area contributed by atoms with Crippen molar-refractivity contribution in [2.75, 3.05) is 0 Å². The molecule has 0 aliphatic heterocycles. The van der Waals surface area contributed by atoms with Crippen LogP contribution in [0, 0.1) is 0 Å². The average Bonchev–Trinajstić information content (AvgIpc) is 2.39. The van der Waals surface area contributed by atoms with Crippen LogP contribution in [0.3, 0.4) is 0 Å². The normalized spacial score (nSPS) is 11.6. The second-order valence-corrected chi connectivity index (χ2v) is 5.81. The predicted octanol–water partition coefficient (Wildman–Crippen LogP) is 5.33. The van der Waals surface area contributed by atoms with Gasteiger partial charge in [0.15, 0.2) is 0 Å². The molecule has 94 valence electrons. The Morgan fingerprint density at radius 2 is 1.56 bits per heavy atom. The Hall–Kier alpha value is -1.21. The van der Waals surface area contributed by atoms with Gasteiger partial charge in [0.1, 0.15) is 0 Å². The van der Waals surface area contributed by atoms with E-state index in [4.69, 9.17) is 0 Å². The topological polar surface area (TPSA) is 0 Å². The summed E-state index contributed by atoms with van der Waals surface area (Å²) in [5.74, 6) is 0. The van der Waals surface area contributed by atoms with Crippen molar-refractivity contribution >= 4 is 12.6 Å². The van der Waals surface area contributed by atoms with Crippen molar-refractivity contribution in [3.63, 3.8) is 0 Å². The molecule has 0 saturated carbocycles. The van der Waals surface area contributed by atoms with E-state index < -0.39 is 0 Å². The molecule has 0 spiro atoms. The van der Waals surface area contributed by atoms with Crippen LogP contribution in [0.1, 0.15) is 32.8 Å². The van der Waals surface area contributed by atoms with Gasteiger partial charge >= 0.3 is 0 Å². The van der Waals surface area contributed by atoms with Gasteiger partial charge in [0.05, 0.1) is 0 Å². The lowest BCUT2D eigenvalue weighted by Crippen LogP contribution is -2.14. The molecule has 18 heavy (non-hydrogen) atoms. The molecule has 0 aliphatic carbocycles. The molecular weight excluding hydrogens is 236 g/mol. The SMILES string of the molecule is CCC(C)(C)c1ccc(-c2ccccc2S)cc1. The van der Waals surface area contributed by atoms with Crippen LogP contribution < -0.4 is 0 Å². The second-order valence-electron chi connectivity index (χ2n) is 5.33. The number of rotatable bonds is 3. The van der Waals surface area contributed by atoms with Gasteiger partial charge in [0, 0.05) is 4.90 Å². The van der Waals surface area contributed by atoms with Crippen LogP contribution in [0.15, 0.2) is 53.4 Å². The monoisotopic (exact) mass is 256 g/mol. The van der Waals surface area contributed by atoms with Crippen molar-refractivity contribution in [3.05, 3.63) is 54.1 Å². The number of hydrogen-bond donors (Lipinski definition) is 1. The van der Waals surface area contributed by atoms with Crippen molar-refractivity contribution in [1.82, 2.24) is 0 Å². The Kier molecular flexibility index (Phi) is 3.82. The minimum atomic E-state index is 0.249. The first-order valence-electron chi connectivity index (χ1n) is 6.43. The molecule has 0 saturated heterocycles. The highest BCUT2D eigenvalue weighted by molar-refractivity contribution is 7.80. The second kappa shape index (κ2) is 5.19. The number of hydrogen-bond acceptors (Lipinski definition) is 1. The third-order valence-electron chi connectivity index (χ3n) is 3.77. The van der Waals surface area contributed by atoms with Gasteiger partial charge in [-0.05, 0) is 34.6 Å². The highest BCUT2D eigenvalue weighted by atomic mass is 32.1. The molecule has 0 fully saturated rings. The molecule has 0 aromatic heterocycles. The van der Waals surface area contributed by atoms with Gasteiger partial charge in [-0.15, -0.1) is 12.6 Å². The number of benzene rings is 2. The van der Waals surface area contributed by atoms with Gasteiger partial charge in [-0.2, -0.15) is 0 Å². The van der Waals surface area contributed by atoms with Crippen LogP contribution >= 0.6 is 12.6 Å². The van der Waals surface area contributed by atoms with Crippen molar-refractivity contribution in [2.24, 2.45) is 0 Å². The van der Waals surface area contributed by atoms with Gasteiger partial charge in [0.25, 0.3) is 0 Å². The van der Waals surface area contributed by atoms with E-state index in [0.29, 0.717) is 0 Å². The van der Waals surface area contributed by atoms with Gasteiger partial charge in [-0.1, -0.05) is 63.2 Å². The lowest BCUT2D eigenvalue weighted by molar-refractivity contribution is 0.506. The van der Waals surface area contributed by atoms with Crippen molar-refractivity contribution < 1.29 is 0 Å². The summed E-state index contributed by atoms with van der Waals surface area (Å²) in [7, 11) is 0. The van der Waals surface area contributed by atoms with Gasteiger partial charge in [-0.25, -0.2) is 0 Å². The van der Waals surface area contributed by atoms with E-state index in [2.05, 4.69) is 69.8 Å². The fraction of sp³-hybridized carbons (Fsp3) is 0.294. The summed E-state index contributed by atoms with van der Waals surface area (Å²) in [5, 5.41) is 0. The highest BCUT2D eigenvalue weighted by Gasteiger charge is 2.17. The zero-order valence-corrected chi connectivity index (χ0v) is 12.2. The maximum atomic E-state index is 4.51. The first-order valence-corrected chi connectivity index (χ1v) is 6.88. The molecule has 0 bridgehead atoms. The Labute approximate surface area is 115 Å². The maximum Gasteiger partial charge on any atom is 0.0119 e. The molecule has 0 atom stereocenters. The van der Waals surface area contributed by atoms with Crippen LogP contribution in [-0.2, 0) is 5.41 Å². The van der Waals surface area contributed by atoms with E-state index in [1.54, 1.807) is 0 Å². The van der Waals surface area contributed by atoms with Crippen LogP contribution in [0.25, 0.3) is 11.1 Å². The van der Waals surface area contributed by atoms with Gasteiger partial charge < -0.3 is 0 Å². The summed E-state index contributed by atoms with van der Waals surface area (Å²) >= 11 is 4.51. The summed E-state index contributed by atoms with van der Waals surface area (Å²) in [6, 6.07) is 17.1. The summed E-state index contributed by atoms with van der Waals surface area (Å²) in [4.78, 5) is 1.03. The zero-order chi connectivity index (χ0) is 13.2. The largest absolute Gasteiger partial charge is 0.143 e. The quantitative estimate of drug-likeness (QED) is 0.705. The maximum absolute atomic E-state index is 4.51. The van der Waals surface area contributed by atoms with Gasteiger partial charge in [-0.3, -0.25) is 0 Å². The molecule has 2 aromatic carbocycles. The average molecular weight is 256 g/mol. The van der Waals surface area contributed by atoms with E-state index in [0.717, 1.165) is 11.3 Å². The first kappa shape index (κ1) is 13.2. The summed E-state index contributed by atoms with van der Waals surface area (Å²) in [5.41, 5.74) is 4.07. The van der Waals surface area contributed by atoms with E-state index in [9.17, 15) is 0 Å². The minimum absolute atomic E-state index is 0.249. The molecular formula is C17H20S. The molecule has 0 heterocycles. The lowest BCUT2D eigenvalue weighted by Gasteiger charge is -2.23. The highest BCUT2D eigenvalue weighted by Crippen LogP contribution is 2.31. The molecule has 2 rings (SSSR count). The molecule has 0 nitrogen and oxygen atoms in total. The molecule has 0 N–H and O–H groups in total. The third-order valence-corrected chi connectivity index (χ3v) is 4.16. The van der Waals surface area contributed by atoms with Crippen molar-refractivity contribution in [1.29, 1.82) is 0 Å². The lowest BCUT2D eigenvalue weighted by atomic mass is 9.82. The molecule has 0 aliphatic rings. The third kappa shape index (κ3) is 2.62. The van der Waals surface area contributed by atoms with Crippen LogP contribution in [0.2, 0.25) is 0 Å². The smallest absolute Gasteiger partial charge is 0.0119 e. The van der Waals surface area contributed by atoms with Crippen molar-refractivity contribution in [3.8, 4) is 11.1 Å².